The minimum Gasteiger partial charge on any atom is -0.386 e. The Hall–Kier alpha value is -2.83. The predicted molar refractivity (Wildman–Crippen MR) is 97.3 cm³/mol. The molecule has 26 heavy (non-hydrogen) atoms. The molecule has 0 amide bonds. The molecule has 136 valence electrons. The van der Waals surface area contributed by atoms with Gasteiger partial charge in [0, 0.05) is 32.1 Å². The molecule has 1 saturated heterocycles. The lowest BCUT2D eigenvalue weighted by Gasteiger charge is -2.10. The average molecular weight is 354 g/mol. The summed E-state index contributed by atoms with van der Waals surface area (Å²) < 4.78 is 5.01. The smallest absolute Gasteiger partial charge is 0.158 e. The summed E-state index contributed by atoms with van der Waals surface area (Å²) in [6.07, 6.45) is 5.26. The van der Waals surface area contributed by atoms with Crippen LogP contribution in [-0.4, -0.2) is 53.5 Å². The van der Waals surface area contributed by atoms with Crippen LogP contribution in [0.3, 0.4) is 0 Å². The van der Waals surface area contributed by atoms with E-state index in [1.165, 1.54) is 25.2 Å². The Kier molecular flexibility index (Phi) is 6.24. The summed E-state index contributed by atoms with van der Waals surface area (Å²) in [6, 6.07) is 3.83. The summed E-state index contributed by atoms with van der Waals surface area (Å²) in [5.41, 5.74) is 2.28. The van der Waals surface area contributed by atoms with Gasteiger partial charge in [0.2, 0.25) is 0 Å². The minimum atomic E-state index is 0.279. The maximum absolute atomic E-state index is 8.67. The molecule has 9 nitrogen and oxygen atoms in total. The third kappa shape index (κ3) is 5.08. The number of anilines is 3. The molecular formula is C17H22N8O. The van der Waals surface area contributed by atoms with Gasteiger partial charge in [-0.15, -0.1) is 5.10 Å². The van der Waals surface area contributed by atoms with Crippen molar-refractivity contribution in [3.8, 4) is 6.07 Å². The van der Waals surface area contributed by atoms with Gasteiger partial charge in [-0.2, -0.15) is 10.4 Å². The largest absolute Gasteiger partial charge is 0.386 e. The van der Waals surface area contributed by atoms with Crippen molar-refractivity contribution >= 4 is 17.3 Å². The van der Waals surface area contributed by atoms with Gasteiger partial charge in [0.15, 0.2) is 11.5 Å². The van der Waals surface area contributed by atoms with E-state index in [1.54, 1.807) is 0 Å². The maximum atomic E-state index is 8.67. The van der Waals surface area contributed by atoms with Crippen LogP contribution < -0.4 is 16.0 Å². The Morgan fingerprint density at radius 1 is 1.15 bits per heavy atom. The summed E-state index contributed by atoms with van der Waals surface area (Å²) in [6.45, 7) is 3.83. The van der Waals surface area contributed by atoms with E-state index in [4.69, 9.17) is 10.00 Å². The fourth-order valence-corrected chi connectivity index (χ4v) is 2.42. The molecule has 0 bridgehead atoms. The summed E-state index contributed by atoms with van der Waals surface area (Å²) >= 11 is 0. The van der Waals surface area contributed by atoms with Crippen molar-refractivity contribution in [2.75, 3.05) is 44.0 Å². The molecule has 0 atom stereocenters. The number of morpholine rings is 1. The number of aromatic nitrogens is 4. The second-order valence-corrected chi connectivity index (χ2v) is 5.94. The molecule has 0 spiro atoms. The molecule has 1 aliphatic heterocycles. The Balaban J connectivity index is 0.000000278. The van der Waals surface area contributed by atoms with Crippen LogP contribution in [0.15, 0.2) is 18.5 Å². The summed E-state index contributed by atoms with van der Waals surface area (Å²) in [7, 11) is 1.87. The van der Waals surface area contributed by atoms with Crippen molar-refractivity contribution in [1.29, 1.82) is 5.26 Å². The van der Waals surface area contributed by atoms with Crippen LogP contribution in [0.2, 0.25) is 0 Å². The molecule has 0 radical (unpaired) electrons. The first-order valence-corrected chi connectivity index (χ1v) is 8.63. The molecule has 2 aromatic rings. The minimum absolute atomic E-state index is 0.279. The number of ether oxygens (including phenoxy) is 1. The van der Waals surface area contributed by atoms with Crippen LogP contribution in [0.5, 0.6) is 0 Å². The molecule has 4 rings (SSSR count). The Morgan fingerprint density at radius 2 is 1.96 bits per heavy atom. The number of hydrogen-bond donors (Lipinski definition) is 3. The average Bonchev–Trinajstić information content (AvgIpc) is 3.55. The SMILES string of the molecule is C1COCCN1.CNc1cc(Nc2cnc(C#N)cn2)nnc1C1CC1. The van der Waals surface area contributed by atoms with Crippen LogP contribution >= 0.6 is 0 Å². The first-order chi connectivity index (χ1) is 12.8. The standard InChI is InChI=1S/C13H13N7.C4H9NO/c1-15-10-4-11(19-20-13(10)8-2-3-8)18-12-7-16-9(5-14)6-17-12;1-3-6-4-2-5-1/h4,6-8H,2-3H2,1H3,(H2,15,17,18,19);5H,1-4H2. The molecule has 0 aromatic carbocycles. The summed E-state index contributed by atoms with van der Waals surface area (Å²) in [5, 5.41) is 26.4. The Bertz CT molecular complexity index is 739. The van der Waals surface area contributed by atoms with Crippen LogP contribution in [0, 0.1) is 11.3 Å². The normalized spacial score (nSPS) is 16.0. The van der Waals surface area contributed by atoms with E-state index in [1.807, 2.05) is 19.2 Å². The van der Waals surface area contributed by atoms with Gasteiger partial charge in [-0.3, -0.25) is 0 Å². The predicted octanol–water partition coefficient (Wildman–Crippen LogP) is 1.41. The Morgan fingerprint density at radius 3 is 2.46 bits per heavy atom. The topological polar surface area (TPSA) is 121 Å². The molecule has 1 aliphatic carbocycles. The fraction of sp³-hybridized carbons (Fsp3) is 0.471. The van der Waals surface area contributed by atoms with Gasteiger partial charge in [0.25, 0.3) is 0 Å². The van der Waals surface area contributed by atoms with Crippen molar-refractivity contribution in [2.24, 2.45) is 0 Å². The number of nitriles is 1. The second-order valence-electron chi connectivity index (χ2n) is 5.94. The van der Waals surface area contributed by atoms with Crippen molar-refractivity contribution < 1.29 is 4.74 Å². The molecule has 2 aliphatic rings. The molecule has 3 N–H and O–H groups in total. The van der Waals surface area contributed by atoms with Gasteiger partial charge in [-0.05, 0) is 12.8 Å². The molecule has 2 fully saturated rings. The molecule has 1 saturated carbocycles. The number of nitrogens with zero attached hydrogens (tertiary/aromatic N) is 5. The van der Waals surface area contributed by atoms with Crippen LogP contribution in [0.25, 0.3) is 0 Å². The third-order valence-electron chi connectivity index (χ3n) is 3.92. The van der Waals surface area contributed by atoms with Gasteiger partial charge in [-0.25, -0.2) is 9.97 Å². The highest BCUT2D eigenvalue weighted by Crippen LogP contribution is 2.42. The lowest BCUT2D eigenvalue weighted by molar-refractivity contribution is 0.109. The van der Waals surface area contributed by atoms with Crippen molar-refractivity contribution in [1.82, 2.24) is 25.5 Å². The van der Waals surface area contributed by atoms with E-state index in [2.05, 4.69) is 36.1 Å². The summed E-state index contributed by atoms with van der Waals surface area (Å²) in [5.74, 6) is 1.66. The van der Waals surface area contributed by atoms with Gasteiger partial charge in [0.05, 0.1) is 37.0 Å². The van der Waals surface area contributed by atoms with Gasteiger partial charge in [0.1, 0.15) is 11.9 Å². The summed E-state index contributed by atoms with van der Waals surface area (Å²) in [4.78, 5) is 8.03. The highest BCUT2D eigenvalue weighted by Gasteiger charge is 2.28. The zero-order valence-corrected chi connectivity index (χ0v) is 14.7. The quantitative estimate of drug-likeness (QED) is 0.748. The van der Waals surface area contributed by atoms with Gasteiger partial charge < -0.3 is 20.7 Å². The Labute approximate surface area is 152 Å². The fourth-order valence-electron chi connectivity index (χ4n) is 2.42. The first kappa shape index (κ1) is 18.0. The number of nitrogens with one attached hydrogen (secondary N) is 3. The number of hydrogen-bond acceptors (Lipinski definition) is 9. The van der Waals surface area contributed by atoms with Crippen LogP contribution in [0.1, 0.15) is 30.1 Å². The van der Waals surface area contributed by atoms with Crippen molar-refractivity contribution in [3.05, 3.63) is 29.8 Å². The monoisotopic (exact) mass is 354 g/mol. The lowest BCUT2D eigenvalue weighted by atomic mass is 10.2. The van der Waals surface area contributed by atoms with Crippen molar-refractivity contribution in [2.45, 2.75) is 18.8 Å². The van der Waals surface area contributed by atoms with Crippen LogP contribution in [-0.2, 0) is 4.74 Å². The molecule has 3 heterocycles. The van der Waals surface area contributed by atoms with E-state index in [9.17, 15) is 0 Å². The first-order valence-electron chi connectivity index (χ1n) is 8.63. The molecule has 9 heteroatoms. The molecular weight excluding hydrogens is 332 g/mol. The van der Waals surface area contributed by atoms with Crippen molar-refractivity contribution in [3.63, 3.8) is 0 Å². The highest BCUT2D eigenvalue weighted by atomic mass is 16.5. The van der Waals surface area contributed by atoms with E-state index in [-0.39, 0.29) is 5.69 Å². The van der Waals surface area contributed by atoms with Gasteiger partial charge >= 0.3 is 0 Å². The van der Waals surface area contributed by atoms with E-state index in [0.29, 0.717) is 17.6 Å². The lowest BCUT2D eigenvalue weighted by Crippen LogP contribution is -2.30. The van der Waals surface area contributed by atoms with Gasteiger partial charge in [-0.1, -0.05) is 0 Å². The zero-order chi connectivity index (χ0) is 18.2. The van der Waals surface area contributed by atoms with E-state index < -0.39 is 0 Å². The van der Waals surface area contributed by atoms with E-state index >= 15 is 0 Å². The molecule has 0 unspecified atom stereocenters. The maximum Gasteiger partial charge on any atom is 0.158 e. The van der Waals surface area contributed by atoms with Crippen LogP contribution in [0.4, 0.5) is 17.3 Å². The zero-order valence-electron chi connectivity index (χ0n) is 14.7. The van der Waals surface area contributed by atoms with E-state index in [0.717, 1.165) is 37.7 Å². The second kappa shape index (κ2) is 9.03. The third-order valence-corrected chi connectivity index (χ3v) is 3.92. The number of rotatable bonds is 4. The molecule has 2 aromatic heterocycles. The highest BCUT2D eigenvalue weighted by molar-refractivity contribution is 5.60.